The predicted molar refractivity (Wildman–Crippen MR) is 181 cm³/mol. The number of carbonyl (C=O) groups is 3. The Labute approximate surface area is 276 Å². The van der Waals surface area contributed by atoms with Crippen LogP contribution in [0.3, 0.4) is 0 Å². The fraction of sp³-hybridized carbons (Fsp3) is 0.108. The molecule has 236 valence electrons. The molecular formula is C37H30N8O3. The third-order valence-corrected chi connectivity index (χ3v) is 8.10. The number of rotatable bonds is 10. The van der Waals surface area contributed by atoms with E-state index in [1.807, 2.05) is 62.4 Å². The lowest BCUT2D eigenvalue weighted by atomic mass is 9.84. The van der Waals surface area contributed by atoms with Crippen LogP contribution in [0.5, 0.6) is 0 Å². The van der Waals surface area contributed by atoms with Crippen molar-refractivity contribution in [2.24, 2.45) is 0 Å². The number of hydrogen-bond acceptors (Lipinski definition) is 11. The number of nitrogens with zero attached hydrogens (tertiary/aromatic N) is 6. The van der Waals surface area contributed by atoms with Crippen molar-refractivity contribution < 1.29 is 14.4 Å². The first-order chi connectivity index (χ1) is 23.2. The van der Waals surface area contributed by atoms with Gasteiger partial charge in [0.15, 0.2) is 23.0 Å². The monoisotopic (exact) mass is 634 g/mol. The lowest BCUT2D eigenvalue weighted by Gasteiger charge is -2.18. The molecule has 48 heavy (non-hydrogen) atoms. The average Bonchev–Trinajstić information content (AvgIpc) is 3.14. The summed E-state index contributed by atoms with van der Waals surface area (Å²) in [6, 6.07) is 21.5. The summed E-state index contributed by atoms with van der Waals surface area (Å²) < 4.78 is 0. The van der Waals surface area contributed by atoms with Crippen LogP contribution in [0.25, 0.3) is 22.5 Å². The summed E-state index contributed by atoms with van der Waals surface area (Å²) in [4.78, 5) is 65.5. The van der Waals surface area contributed by atoms with Crippen LogP contribution in [0.15, 0.2) is 110 Å². The minimum atomic E-state index is -0.470. The van der Waals surface area contributed by atoms with Gasteiger partial charge in [-0.25, -0.2) is 19.9 Å². The molecule has 2 atom stereocenters. The summed E-state index contributed by atoms with van der Waals surface area (Å²) in [7, 11) is 0. The Kier molecular flexibility index (Phi) is 8.84. The maximum absolute atomic E-state index is 13.8. The summed E-state index contributed by atoms with van der Waals surface area (Å²) in [6.07, 6.45) is 9.06. The van der Waals surface area contributed by atoms with Crippen LogP contribution in [0.4, 0.5) is 11.6 Å². The van der Waals surface area contributed by atoms with Crippen molar-refractivity contribution in [3.8, 4) is 22.5 Å². The number of benzene rings is 2. The van der Waals surface area contributed by atoms with Gasteiger partial charge >= 0.3 is 0 Å². The van der Waals surface area contributed by atoms with E-state index in [9.17, 15) is 14.4 Å². The summed E-state index contributed by atoms with van der Waals surface area (Å²) in [6.45, 7) is 3.71. The molecule has 0 radical (unpaired) electrons. The number of pyridine rings is 2. The second kappa shape index (κ2) is 13.5. The van der Waals surface area contributed by atoms with E-state index in [0.29, 0.717) is 33.6 Å². The molecule has 0 spiro atoms. The van der Waals surface area contributed by atoms with Gasteiger partial charge in [0.2, 0.25) is 11.6 Å². The number of carbonyl (C=O) groups excluding carboxylic acids is 3. The van der Waals surface area contributed by atoms with Crippen LogP contribution in [0.1, 0.15) is 68.9 Å². The lowest BCUT2D eigenvalue weighted by Crippen LogP contribution is -2.17. The van der Waals surface area contributed by atoms with E-state index < -0.39 is 11.8 Å². The Morgan fingerprint density at radius 2 is 1.02 bits per heavy atom. The van der Waals surface area contributed by atoms with Crippen molar-refractivity contribution in [3.05, 3.63) is 144 Å². The summed E-state index contributed by atoms with van der Waals surface area (Å²) in [5.74, 6) is -1.67. The SMILES string of the molecule is CC(C(=O)C(C)c1cccc(-c2cnc(N)c(C(=O)c3cccnc3)n2)c1)c1cccc(-c2cnc(N)c(C(=O)c3cccnc3)n2)c1. The molecule has 6 rings (SSSR count). The second-order valence-electron chi connectivity index (χ2n) is 11.2. The third-order valence-electron chi connectivity index (χ3n) is 8.10. The van der Waals surface area contributed by atoms with Crippen molar-refractivity contribution in [3.63, 3.8) is 0 Å². The van der Waals surface area contributed by atoms with Gasteiger partial charge in [0.1, 0.15) is 5.78 Å². The van der Waals surface area contributed by atoms with Gasteiger partial charge in [-0.05, 0) is 47.5 Å². The largest absolute Gasteiger partial charge is 0.382 e. The number of nitrogens with two attached hydrogens (primary N) is 2. The van der Waals surface area contributed by atoms with E-state index in [2.05, 4.69) is 29.9 Å². The standard InChI is InChI=1S/C37H30N8O3/c1-21(23-7-3-9-25(15-23)29-19-42-36(38)31(44-29)34(47)27-11-5-13-40-17-27)33(46)22(2)24-8-4-10-26(16-24)30-20-43-37(39)32(45-30)35(48)28-12-6-14-41-18-28/h3-22H,1-2H3,(H2,38,42)(H2,39,43). The molecule has 0 saturated heterocycles. The van der Waals surface area contributed by atoms with Gasteiger partial charge < -0.3 is 11.5 Å². The van der Waals surface area contributed by atoms with Crippen LogP contribution < -0.4 is 11.5 Å². The first kappa shape index (κ1) is 31.5. The normalized spacial score (nSPS) is 12.2. The second-order valence-corrected chi connectivity index (χ2v) is 11.2. The number of aromatic nitrogens is 6. The van der Waals surface area contributed by atoms with E-state index in [0.717, 1.165) is 11.1 Å². The van der Waals surface area contributed by atoms with Gasteiger partial charge in [0, 0.05) is 58.9 Å². The van der Waals surface area contributed by atoms with Crippen molar-refractivity contribution in [2.45, 2.75) is 25.7 Å². The van der Waals surface area contributed by atoms with Crippen LogP contribution >= 0.6 is 0 Å². The van der Waals surface area contributed by atoms with E-state index in [1.165, 1.54) is 24.8 Å². The van der Waals surface area contributed by atoms with Gasteiger partial charge in [-0.2, -0.15) is 0 Å². The molecular weight excluding hydrogens is 604 g/mol. The quantitative estimate of drug-likeness (QED) is 0.182. The molecule has 4 N–H and O–H groups in total. The maximum Gasteiger partial charge on any atom is 0.216 e. The highest BCUT2D eigenvalue weighted by Crippen LogP contribution is 2.31. The molecule has 0 amide bonds. The van der Waals surface area contributed by atoms with Crippen molar-refractivity contribution in [1.82, 2.24) is 29.9 Å². The molecule has 4 aromatic heterocycles. The molecule has 0 aliphatic heterocycles. The first-order valence-electron chi connectivity index (χ1n) is 15.1. The molecule has 11 heteroatoms. The molecule has 6 aromatic rings. The Morgan fingerprint density at radius 1 is 0.583 bits per heavy atom. The molecule has 0 bridgehead atoms. The fourth-order valence-electron chi connectivity index (χ4n) is 5.31. The fourth-order valence-corrected chi connectivity index (χ4v) is 5.31. The van der Waals surface area contributed by atoms with Crippen molar-refractivity contribution in [1.29, 1.82) is 0 Å². The third kappa shape index (κ3) is 6.42. The zero-order valence-corrected chi connectivity index (χ0v) is 26.1. The summed E-state index contributed by atoms with van der Waals surface area (Å²) >= 11 is 0. The molecule has 2 unspecified atom stereocenters. The van der Waals surface area contributed by atoms with Crippen LogP contribution in [0, 0.1) is 0 Å². The minimum absolute atomic E-state index is 0.00373. The number of hydrogen-bond donors (Lipinski definition) is 2. The van der Waals surface area contributed by atoms with Gasteiger partial charge in [0.25, 0.3) is 0 Å². The number of anilines is 2. The van der Waals surface area contributed by atoms with E-state index >= 15 is 0 Å². The average molecular weight is 635 g/mol. The van der Waals surface area contributed by atoms with Crippen LogP contribution in [-0.2, 0) is 4.79 Å². The van der Waals surface area contributed by atoms with E-state index in [1.54, 1.807) is 36.7 Å². The van der Waals surface area contributed by atoms with Crippen LogP contribution in [0.2, 0.25) is 0 Å². The summed E-state index contributed by atoms with van der Waals surface area (Å²) in [5.41, 5.74) is 16.6. The molecule has 0 saturated carbocycles. The highest BCUT2D eigenvalue weighted by atomic mass is 16.1. The Balaban J connectivity index is 1.23. The highest BCUT2D eigenvalue weighted by Gasteiger charge is 2.25. The molecule has 4 heterocycles. The molecule has 0 fully saturated rings. The smallest absolute Gasteiger partial charge is 0.216 e. The van der Waals surface area contributed by atoms with Gasteiger partial charge in [-0.3, -0.25) is 24.4 Å². The van der Waals surface area contributed by atoms with Gasteiger partial charge in [0.05, 0.1) is 23.8 Å². The number of Topliss-reactive ketones (excluding diaryl/α,β-unsaturated/α-hetero) is 1. The predicted octanol–water partition coefficient (Wildman–Crippen LogP) is 5.49. The zero-order chi connectivity index (χ0) is 33.8. The minimum Gasteiger partial charge on any atom is -0.382 e. The van der Waals surface area contributed by atoms with Gasteiger partial charge in [-0.15, -0.1) is 0 Å². The van der Waals surface area contributed by atoms with E-state index in [-0.39, 0.29) is 40.4 Å². The molecule has 0 aliphatic rings. The van der Waals surface area contributed by atoms with Gasteiger partial charge in [-0.1, -0.05) is 50.2 Å². The Hall–Kier alpha value is -6.49. The Bertz CT molecular complexity index is 2000. The Morgan fingerprint density at radius 3 is 1.42 bits per heavy atom. The number of ketones is 3. The molecule has 0 aliphatic carbocycles. The van der Waals surface area contributed by atoms with E-state index in [4.69, 9.17) is 11.5 Å². The topological polar surface area (TPSA) is 181 Å². The molecule has 2 aromatic carbocycles. The highest BCUT2D eigenvalue weighted by molar-refractivity contribution is 6.11. The zero-order valence-electron chi connectivity index (χ0n) is 26.1. The lowest BCUT2D eigenvalue weighted by molar-refractivity contribution is -0.121. The first-order valence-corrected chi connectivity index (χ1v) is 15.1. The maximum atomic E-state index is 13.8. The van der Waals surface area contributed by atoms with Crippen molar-refractivity contribution in [2.75, 3.05) is 11.5 Å². The number of nitrogen functional groups attached to an aromatic ring is 2. The molecule has 11 nitrogen and oxygen atoms in total. The summed E-state index contributed by atoms with van der Waals surface area (Å²) in [5, 5.41) is 0. The van der Waals surface area contributed by atoms with Crippen LogP contribution in [-0.4, -0.2) is 47.3 Å². The van der Waals surface area contributed by atoms with Crippen molar-refractivity contribution >= 4 is 29.0 Å².